The zero-order chi connectivity index (χ0) is 29.5. The van der Waals surface area contributed by atoms with Crippen LogP contribution in [0.5, 0.6) is 0 Å². The van der Waals surface area contributed by atoms with Crippen LogP contribution in [0.3, 0.4) is 0 Å². The second kappa shape index (κ2) is 9.74. The van der Waals surface area contributed by atoms with E-state index in [-0.39, 0.29) is 22.2 Å². The predicted molar refractivity (Wildman–Crippen MR) is 158 cm³/mol. The Morgan fingerprint density at radius 3 is 2.27 bits per heavy atom. The number of fused-ring (bicyclic) bond motifs is 4. The van der Waals surface area contributed by atoms with E-state index in [1.54, 1.807) is 6.07 Å². The topological polar surface area (TPSA) is 31.4 Å². The normalized spacial score (nSPS) is 24.4. The van der Waals surface area contributed by atoms with Crippen molar-refractivity contribution in [1.82, 2.24) is 4.98 Å². The minimum Gasteiger partial charge on any atom is -0.358 e. The van der Waals surface area contributed by atoms with Gasteiger partial charge in [0.2, 0.25) is 0 Å². The Morgan fingerprint density at radius 2 is 1.70 bits per heavy atom. The molecular formula is C33H46F3NO2S. The van der Waals surface area contributed by atoms with Crippen LogP contribution in [-0.4, -0.2) is 22.2 Å². The minimum absolute atomic E-state index is 0.00859. The molecule has 0 amide bonds. The van der Waals surface area contributed by atoms with Crippen LogP contribution in [0.1, 0.15) is 138 Å². The summed E-state index contributed by atoms with van der Waals surface area (Å²) in [6.07, 6.45) is 4.92. The lowest BCUT2D eigenvalue weighted by Gasteiger charge is -2.49. The van der Waals surface area contributed by atoms with Crippen LogP contribution in [0.4, 0.5) is 13.2 Å². The number of halogens is 3. The Labute approximate surface area is 240 Å². The lowest BCUT2D eigenvalue weighted by molar-refractivity contribution is -0.137. The fourth-order valence-electron chi connectivity index (χ4n) is 6.78. The molecule has 0 N–H and O–H groups in total. The van der Waals surface area contributed by atoms with Crippen molar-refractivity contribution in [3.8, 4) is 0 Å². The molecule has 222 valence electrons. The fraction of sp³-hybridized carbons (Fsp3) is 0.667. The summed E-state index contributed by atoms with van der Waals surface area (Å²) in [5, 5.41) is 0. The van der Waals surface area contributed by atoms with Gasteiger partial charge in [-0.15, -0.1) is 10.3 Å². The number of rotatable bonds is 4. The van der Waals surface area contributed by atoms with Crippen molar-refractivity contribution in [3.63, 3.8) is 0 Å². The van der Waals surface area contributed by atoms with Gasteiger partial charge in [-0.1, -0.05) is 73.4 Å². The van der Waals surface area contributed by atoms with Gasteiger partial charge in [-0.25, -0.2) is 0 Å². The highest BCUT2D eigenvalue weighted by atomic mass is 32.3. The molecule has 0 bridgehead atoms. The van der Waals surface area contributed by atoms with E-state index in [0.717, 1.165) is 61.5 Å². The Balaban J connectivity index is 1.78. The average molecular weight is 578 g/mol. The first-order valence-electron chi connectivity index (χ1n) is 14.7. The van der Waals surface area contributed by atoms with Gasteiger partial charge in [0, 0.05) is 27.3 Å². The fourth-order valence-corrected chi connectivity index (χ4v) is 7.81. The number of aromatic nitrogens is 1. The highest BCUT2D eigenvalue weighted by Gasteiger charge is 2.53. The van der Waals surface area contributed by atoms with Gasteiger partial charge in [0.25, 0.3) is 0 Å². The quantitative estimate of drug-likeness (QED) is 0.362. The number of nitrogens with zero attached hydrogens (tertiary/aromatic N) is 1. The smallest absolute Gasteiger partial charge is 0.358 e. The van der Waals surface area contributed by atoms with Crippen molar-refractivity contribution < 1.29 is 22.1 Å². The second-order valence-electron chi connectivity index (χ2n) is 14.6. The van der Waals surface area contributed by atoms with Gasteiger partial charge < -0.3 is 8.92 Å². The number of hydrogen-bond donors (Lipinski definition) is 0. The molecule has 1 spiro atoms. The van der Waals surface area contributed by atoms with Crippen LogP contribution in [0.15, 0.2) is 24.3 Å². The molecule has 2 aliphatic carbocycles. The Bertz CT molecular complexity index is 1290. The summed E-state index contributed by atoms with van der Waals surface area (Å²) < 4.78 is 55.6. The maximum absolute atomic E-state index is 13.8. The lowest BCUT2D eigenvalue weighted by atomic mass is 9.70. The van der Waals surface area contributed by atoms with Crippen LogP contribution in [0.25, 0.3) is 0 Å². The van der Waals surface area contributed by atoms with Gasteiger partial charge in [-0.05, 0) is 72.8 Å². The van der Waals surface area contributed by atoms with E-state index in [2.05, 4.69) is 61.0 Å². The number of benzene rings is 1. The number of hydrogen-bond acceptors (Lipinski definition) is 3. The molecule has 2 aromatic rings. The van der Waals surface area contributed by atoms with Crippen molar-refractivity contribution in [2.45, 2.75) is 122 Å². The maximum atomic E-state index is 13.8. The maximum Gasteiger partial charge on any atom is 0.416 e. The zero-order valence-electron chi connectivity index (χ0n) is 25.6. The van der Waals surface area contributed by atoms with Crippen LogP contribution >= 0.6 is 10.3 Å². The first-order valence-corrected chi connectivity index (χ1v) is 17.1. The third-order valence-electron chi connectivity index (χ3n) is 9.45. The van der Waals surface area contributed by atoms with E-state index in [9.17, 15) is 13.2 Å². The standard InChI is InChI=1S/C33H46F3NO2S/c1-20(2)28-26-27(25-23(37-28)18-31(6,7)19-24(25)39-40(8,9)30(3,4)5)32(15-10-11-16-32)38-29(26)21-13-12-14-22(17-21)33(34,35)36/h12-14,17,20,24,29H,10-11,15-16,18-19H2,1-9H3. The number of pyridine rings is 1. The van der Waals surface area contributed by atoms with Crippen LogP contribution in [-0.2, 0) is 27.1 Å². The molecule has 1 aromatic heterocycles. The van der Waals surface area contributed by atoms with Crippen molar-refractivity contribution in [2.24, 2.45) is 5.41 Å². The van der Waals surface area contributed by atoms with E-state index in [4.69, 9.17) is 13.9 Å². The lowest BCUT2D eigenvalue weighted by Crippen LogP contribution is -2.35. The van der Waals surface area contributed by atoms with E-state index < -0.39 is 33.8 Å². The van der Waals surface area contributed by atoms with Gasteiger partial charge >= 0.3 is 6.18 Å². The van der Waals surface area contributed by atoms with Crippen molar-refractivity contribution in [1.29, 1.82) is 0 Å². The summed E-state index contributed by atoms with van der Waals surface area (Å²) in [5.74, 6) is 0.105. The summed E-state index contributed by atoms with van der Waals surface area (Å²) in [4.78, 5) is 5.35. The Morgan fingerprint density at radius 1 is 1.05 bits per heavy atom. The Hall–Kier alpha value is -1.57. The predicted octanol–water partition coefficient (Wildman–Crippen LogP) is 9.92. The molecule has 3 aliphatic rings. The highest BCUT2D eigenvalue weighted by Crippen LogP contribution is 2.63. The number of ether oxygens (including phenoxy) is 1. The second-order valence-corrected chi connectivity index (χ2v) is 18.5. The summed E-state index contributed by atoms with van der Waals surface area (Å²) in [5.41, 5.74) is 4.80. The van der Waals surface area contributed by atoms with Gasteiger partial charge in [-0.3, -0.25) is 4.98 Å². The molecule has 7 heteroatoms. The van der Waals surface area contributed by atoms with Crippen molar-refractivity contribution in [2.75, 3.05) is 12.5 Å². The molecule has 1 aliphatic heterocycles. The van der Waals surface area contributed by atoms with E-state index >= 15 is 0 Å². The molecule has 3 nitrogen and oxygen atoms in total. The van der Waals surface area contributed by atoms with Crippen LogP contribution in [0, 0.1) is 5.41 Å². The van der Waals surface area contributed by atoms with Crippen LogP contribution < -0.4 is 0 Å². The van der Waals surface area contributed by atoms with Gasteiger partial charge in [-0.2, -0.15) is 13.2 Å². The molecule has 1 saturated carbocycles. The monoisotopic (exact) mass is 577 g/mol. The van der Waals surface area contributed by atoms with E-state index in [0.29, 0.717) is 5.56 Å². The molecule has 1 aromatic carbocycles. The summed E-state index contributed by atoms with van der Waals surface area (Å²) in [6.45, 7) is 15.6. The van der Waals surface area contributed by atoms with Crippen molar-refractivity contribution in [3.05, 3.63) is 63.5 Å². The Kier molecular flexibility index (Phi) is 7.28. The molecule has 0 saturated heterocycles. The molecule has 40 heavy (non-hydrogen) atoms. The highest BCUT2D eigenvalue weighted by molar-refractivity contribution is 8.29. The third-order valence-corrected chi connectivity index (χ3v) is 13.1. The van der Waals surface area contributed by atoms with Gasteiger partial charge in [0.1, 0.15) is 6.10 Å². The summed E-state index contributed by atoms with van der Waals surface area (Å²) in [7, 11) is -1.45. The molecule has 2 heterocycles. The van der Waals surface area contributed by atoms with Gasteiger partial charge in [0.15, 0.2) is 0 Å². The number of alkyl halides is 3. The molecule has 5 rings (SSSR count). The molecule has 2 unspecified atom stereocenters. The molecular weight excluding hydrogens is 531 g/mol. The van der Waals surface area contributed by atoms with E-state index in [1.165, 1.54) is 23.3 Å². The zero-order valence-corrected chi connectivity index (χ0v) is 26.4. The molecule has 0 radical (unpaired) electrons. The summed E-state index contributed by atoms with van der Waals surface area (Å²) in [6, 6.07) is 5.70. The molecule has 2 atom stereocenters. The first-order chi connectivity index (χ1) is 18.4. The van der Waals surface area contributed by atoms with E-state index in [1.807, 2.05) is 0 Å². The van der Waals surface area contributed by atoms with Gasteiger partial charge in [0.05, 0.1) is 17.3 Å². The summed E-state index contributed by atoms with van der Waals surface area (Å²) >= 11 is 0. The average Bonchev–Trinajstić information content (AvgIpc) is 3.41. The minimum atomic E-state index is -4.41. The first kappa shape index (κ1) is 29.9. The largest absolute Gasteiger partial charge is 0.416 e. The third kappa shape index (κ3) is 5.13. The SMILES string of the molecule is CC(C)c1nc2c(c3c1C(c1cccc(C(F)(F)F)c1)OC31CCCC1)C(OS(C)(C)C(C)(C)C)CC(C)(C)C2. The van der Waals surface area contributed by atoms with Crippen LogP contribution in [0.2, 0.25) is 0 Å². The van der Waals surface area contributed by atoms with Crippen molar-refractivity contribution >= 4 is 10.3 Å². The molecule has 1 fully saturated rings.